The molecule has 190 valence electrons. The number of oxime groups is 1. The largest absolute Gasteiger partial charge is 0.477 e. The summed E-state index contributed by atoms with van der Waals surface area (Å²) in [6, 6.07) is -1.47. The van der Waals surface area contributed by atoms with E-state index < -0.39 is 35.8 Å². The zero-order chi connectivity index (χ0) is 26.1. The molecule has 5 N–H and O–H groups in total. The third kappa shape index (κ3) is 4.78. The first kappa shape index (κ1) is 25.6. The summed E-state index contributed by atoms with van der Waals surface area (Å²) in [5.41, 5.74) is 6.46. The highest BCUT2D eigenvalue weighted by Gasteiger charge is 2.53. The predicted molar refractivity (Wildman–Crippen MR) is 131 cm³/mol. The van der Waals surface area contributed by atoms with Crippen molar-refractivity contribution in [1.82, 2.24) is 20.2 Å². The van der Waals surface area contributed by atoms with Gasteiger partial charge in [0.25, 0.3) is 11.8 Å². The van der Waals surface area contributed by atoms with E-state index in [1.54, 1.807) is 6.92 Å². The Balaban J connectivity index is 1.49. The van der Waals surface area contributed by atoms with Crippen molar-refractivity contribution in [3.05, 3.63) is 32.9 Å². The second kappa shape index (κ2) is 10.2. The Labute approximate surface area is 216 Å². The molecule has 0 radical (unpaired) electrons. The van der Waals surface area contributed by atoms with Crippen molar-refractivity contribution in [2.75, 3.05) is 18.6 Å². The van der Waals surface area contributed by atoms with Crippen molar-refractivity contribution in [2.45, 2.75) is 36.2 Å². The Hall–Kier alpha value is -3.50. The quantitative estimate of drug-likeness (QED) is 0.151. The van der Waals surface area contributed by atoms with Gasteiger partial charge in [0.2, 0.25) is 0 Å². The summed E-state index contributed by atoms with van der Waals surface area (Å²) in [6.45, 7) is 1.59. The van der Waals surface area contributed by atoms with Gasteiger partial charge >= 0.3 is 11.9 Å². The van der Waals surface area contributed by atoms with Crippen molar-refractivity contribution in [2.24, 2.45) is 5.16 Å². The number of nitrogen functional groups attached to an aromatic ring is 1. The van der Waals surface area contributed by atoms with Crippen LogP contribution < -0.4 is 11.1 Å². The van der Waals surface area contributed by atoms with E-state index in [-0.39, 0.29) is 32.9 Å². The molecule has 36 heavy (non-hydrogen) atoms. The number of aryl methyl sites for hydroxylation is 1. The summed E-state index contributed by atoms with van der Waals surface area (Å²) < 4.78 is 0.497. The van der Waals surface area contributed by atoms with Gasteiger partial charge in [0.15, 0.2) is 15.2 Å². The minimum atomic E-state index is -1.26. The smallest absolute Gasteiger partial charge is 0.352 e. The van der Waals surface area contributed by atoms with Crippen LogP contribution in [0.25, 0.3) is 0 Å². The second-order valence-corrected chi connectivity index (χ2v) is 10.8. The van der Waals surface area contributed by atoms with Gasteiger partial charge in [0, 0.05) is 11.1 Å². The highest BCUT2D eigenvalue weighted by molar-refractivity contribution is 8.01. The van der Waals surface area contributed by atoms with Crippen molar-refractivity contribution in [1.29, 1.82) is 0 Å². The molecule has 2 aromatic heterocycles. The predicted octanol–water partition coefficient (Wildman–Crippen LogP) is 1.16. The molecule has 2 amide bonds. The lowest BCUT2D eigenvalue weighted by atomic mass is 9.83. The van der Waals surface area contributed by atoms with Crippen LogP contribution >= 0.6 is 34.4 Å². The van der Waals surface area contributed by atoms with Crippen LogP contribution in [0.3, 0.4) is 0 Å². The summed E-state index contributed by atoms with van der Waals surface area (Å²) in [5.74, 6) is -3.35. The number of β-lactam (4-membered cyclic amide) rings is 1. The molecule has 0 aliphatic carbocycles. The Morgan fingerprint density at radius 2 is 2.08 bits per heavy atom. The Bertz CT molecular complexity index is 1320. The van der Waals surface area contributed by atoms with E-state index in [9.17, 15) is 29.4 Å². The molecule has 2 aliphatic heterocycles. The number of nitrogens with one attached hydrogen (secondary N) is 1. The van der Waals surface area contributed by atoms with E-state index in [2.05, 4.69) is 20.4 Å². The van der Waals surface area contributed by atoms with E-state index >= 15 is 0 Å². The highest BCUT2D eigenvalue weighted by Crippen LogP contribution is 2.39. The normalized spacial score (nSPS) is 19.6. The molecule has 0 saturated carbocycles. The van der Waals surface area contributed by atoms with Gasteiger partial charge in [-0.2, -0.15) is 0 Å². The number of amides is 2. The number of rotatable bonds is 9. The number of anilines is 1. The monoisotopic (exact) mass is 552 g/mol. The molecule has 2 atom stereocenters. The van der Waals surface area contributed by atoms with Crippen LogP contribution in [0.5, 0.6) is 0 Å². The number of thiazole rings is 2. The topological polar surface area (TPSA) is 197 Å². The minimum Gasteiger partial charge on any atom is -0.477 e. The number of carbonyl (C=O) groups is 4. The fourth-order valence-electron chi connectivity index (χ4n) is 3.96. The number of nitrogens with two attached hydrogens (primary N) is 1. The van der Waals surface area contributed by atoms with Gasteiger partial charge in [-0.05, 0) is 25.3 Å². The van der Waals surface area contributed by atoms with Crippen molar-refractivity contribution >= 4 is 69.0 Å². The second-order valence-electron chi connectivity index (χ2n) is 7.70. The number of thioether (sulfide) groups is 1. The van der Waals surface area contributed by atoms with Gasteiger partial charge in [-0.15, -0.1) is 22.7 Å². The molecule has 2 aliphatic rings. The molecular weight excluding hydrogens is 532 g/mol. The fourth-order valence-corrected chi connectivity index (χ4v) is 6.59. The lowest BCUT2D eigenvalue weighted by Crippen LogP contribution is -2.72. The van der Waals surface area contributed by atoms with Gasteiger partial charge in [-0.3, -0.25) is 14.5 Å². The van der Waals surface area contributed by atoms with Crippen molar-refractivity contribution in [3.8, 4) is 0 Å². The Morgan fingerprint density at radius 1 is 1.33 bits per heavy atom. The number of nitrogens with zero attached hydrogens (tertiary/aromatic N) is 4. The van der Waals surface area contributed by atoms with E-state index in [1.165, 1.54) is 29.2 Å². The molecular formula is C20H20N6O7S3. The molecule has 16 heteroatoms. The summed E-state index contributed by atoms with van der Waals surface area (Å²) >= 11 is 3.35. The zero-order valence-electron chi connectivity index (χ0n) is 18.9. The van der Waals surface area contributed by atoms with Crippen LogP contribution in [0.15, 0.2) is 26.1 Å². The molecule has 0 spiro atoms. The minimum absolute atomic E-state index is 0.126. The average molecular weight is 553 g/mol. The summed E-state index contributed by atoms with van der Waals surface area (Å²) in [5, 5.41) is 27.1. The number of hydrogen-bond acceptors (Lipinski definition) is 12. The molecule has 4 rings (SSSR count). The van der Waals surface area contributed by atoms with Gasteiger partial charge in [0.1, 0.15) is 29.4 Å². The van der Waals surface area contributed by atoms with Crippen LogP contribution in [-0.2, 0) is 19.2 Å². The van der Waals surface area contributed by atoms with E-state index in [1.807, 2.05) is 0 Å². The van der Waals surface area contributed by atoms with Crippen molar-refractivity contribution in [3.63, 3.8) is 0 Å². The van der Waals surface area contributed by atoms with Gasteiger partial charge in [-0.25, -0.2) is 19.6 Å². The number of hydrogen-bond donors (Lipinski definition) is 4. The maximum absolute atomic E-state index is 12.9. The standard InChI is InChI=1S/C20H20N6O7S3/c1-7-14(18(31)32)36-20(22-7)35-5-8-3-4-10-12(16(28)26(10)13(8)17(29)30)24-15(27)11(25-33-2)9-6-34-19(21)23-9/h6,10,12H,3-5H2,1-2H3,(H2,21,23)(H,24,27)(H,29,30)(H,31,32)/b25-11+/t10-,12-/m1/s1. The molecule has 0 aromatic carbocycles. The lowest BCUT2D eigenvalue weighted by Gasteiger charge is -2.50. The van der Waals surface area contributed by atoms with Gasteiger partial charge in [-0.1, -0.05) is 16.9 Å². The molecule has 4 heterocycles. The number of fused-ring (bicyclic) bond motifs is 1. The number of aromatic carboxylic acids is 1. The zero-order valence-corrected chi connectivity index (χ0v) is 21.3. The Morgan fingerprint density at radius 3 is 2.67 bits per heavy atom. The first-order valence-corrected chi connectivity index (χ1v) is 13.1. The summed E-state index contributed by atoms with van der Waals surface area (Å²) in [6.07, 6.45) is 0.814. The van der Waals surface area contributed by atoms with Crippen LogP contribution in [0.1, 0.15) is 33.9 Å². The van der Waals surface area contributed by atoms with Gasteiger partial charge < -0.3 is 26.1 Å². The summed E-state index contributed by atoms with van der Waals surface area (Å²) in [7, 11) is 1.26. The SMILES string of the molecule is CO/N=C(/C(=O)N[C@H]1C(=O)N2C(C(=O)O)=C(CSc3nc(C)c(C(=O)O)s3)CC[C@H]12)c1csc(N)n1. The molecule has 1 fully saturated rings. The lowest BCUT2D eigenvalue weighted by molar-refractivity contribution is -0.155. The maximum atomic E-state index is 12.9. The third-order valence-corrected chi connectivity index (χ3v) is 8.58. The maximum Gasteiger partial charge on any atom is 0.352 e. The molecule has 0 bridgehead atoms. The number of carboxylic acid groups (broad SMARTS) is 2. The third-order valence-electron chi connectivity index (χ3n) is 5.53. The van der Waals surface area contributed by atoms with E-state index in [0.717, 1.165) is 22.7 Å². The average Bonchev–Trinajstić information content (AvgIpc) is 3.43. The Kier molecular flexibility index (Phi) is 7.28. The number of aliphatic carboxylic acids is 1. The van der Waals surface area contributed by atoms with Crippen LogP contribution in [0.4, 0.5) is 5.13 Å². The number of aromatic nitrogens is 2. The first-order valence-electron chi connectivity index (χ1n) is 10.4. The number of carbonyl (C=O) groups excluding carboxylic acids is 2. The van der Waals surface area contributed by atoms with Crippen LogP contribution in [0.2, 0.25) is 0 Å². The fraction of sp³-hybridized carbons (Fsp3) is 0.350. The summed E-state index contributed by atoms with van der Waals surface area (Å²) in [4.78, 5) is 63.4. The molecule has 0 unspecified atom stereocenters. The van der Waals surface area contributed by atoms with Crippen molar-refractivity contribution < 1.29 is 34.2 Å². The number of carboxylic acids is 2. The van der Waals surface area contributed by atoms with Crippen LogP contribution in [-0.4, -0.2) is 79.5 Å². The van der Waals surface area contributed by atoms with E-state index in [4.69, 9.17) is 10.6 Å². The molecule has 1 saturated heterocycles. The first-order chi connectivity index (χ1) is 17.1. The highest BCUT2D eigenvalue weighted by atomic mass is 32.2. The van der Waals surface area contributed by atoms with E-state index in [0.29, 0.717) is 28.4 Å². The molecule has 2 aromatic rings. The van der Waals surface area contributed by atoms with Crippen LogP contribution in [0, 0.1) is 6.92 Å². The van der Waals surface area contributed by atoms with Gasteiger partial charge in [0.05, 0.1) is 11.7 Å². The molecule has 13 nitrogen and oxygen atoms in total.